The predicted octanol–water partition coefficient (Wildman–Crippen LogP) is 2.02. The highest BCUT2D eigenvalue weighted by Crippen LogP contribution is 2.39. The van der Waals surface area contributed by atoms with Gasteiger partial charge in [-0.3, -0.25) is 9.69 Å². The molecule has 1 aromatic carbocycles. The topological polar surface area (TPSA) is 70.1 Å². The molecule has 3 rings (SSSR count). The number of carbonyl (C=O) groups is 2. The fourth-order valence-electron chi connectivity index (χ4n) is 3.67. The second-order valence-corrected chi connectivity index (χ2v) is 6.63. The number of carbonyl (C=O) groups excluding carboxylic acids is 2. The number of amides is 3. The van der Waals surface area contributed by atoms with E-state index in [9.17, 15) is 14.7 Å². The van der Waals surface area contributed by atoms with E-state index in [1.807, 2.05) is 18.2 Å². The van der Waals surface area contributed by atoms with Gasteiger partial charge < -0.3 is 14.7 Å². The van der Waals surface area contributed by atoms with Crippen LogP contribution < -0.4 is 4.74 Å². The van der Waals surface area contributed by atoms with E-state index in [0.29, 0.717) is 18.6 Å². The monoisotopic (exact) mass is 332 g/mol. The molecule has 24 heavy (non-hydrogen) atoms. The minimum absolute atomic E-state index is 0.0312. The first-order valence-electron chi connectivity index (χ1n) is 8.50. The molecule has 1 atom stereocenters. The van der Waals surface area contributed by atoms with Gasteiger partial charge in [-0.15, -0.1) is 0 Å². The molecule has 1 aliphatic heterocycles. The molecule has 0 radical (unpaired) electrons. The van der Waals surface area contributed by atoms with E-state index in [2.05, 4.69) is 0 Å². The van der Waals surface area contributed by atoms with Gasteiger partial charge in [-0.25, -0.2) is 4.79 Å². The second-order valence-electron chi connectivity index (χ2n) is 6.63. The van der Waals surface area contributed by atoms with Crippen molar-refractivity contribution in [3.8, 4) is 5.75 Å². The highest BCUT2D eigenvalue weighted by atomic mass is 16.5. The van der Waals surface area contributed by atoms with Crippen molar-refractivity contribution in [1.29, 1.82) is 0 Å². The summed E-state index contributed by atoms with van der Waals surface area (Å²) >= 11 is 0. The molecule has 6 nitrogen and oxygen atoms in total. The summed E-state index contributed by atoms with van der Waals surface area (Å²) in [6, 6.07) is 8.84. The van der Waals surface area contributed by atoms with Crippen molar-refractivity contribution in [2.24, 2.45) is 0 Å². The molecule has 6 heteroatoms. The van der Waals surface area contributed by atoms with Crippen LogP contribution in [0.2, 0.25) is 0 Å². The van der Waals surface area contributed by atoms with E-state index in [-0.39, 0.29) is 25.1 Å². The van der Waals surface area contributed by atoms with Crippen LogP contribution in [0.4, 0.5) is 4.79 Å². The van der Waals surface area contributed by atoms with Gasteiger partial charge in [0.2, 0.25) is 0 Å². The van der Waals surface area contributed by atoms with Crippen LogP contribution in [0.1, 0.15) is 32.1 Å². The lowest BCUT2D eigenvalue weighted by Crippen LogP contribution is -2.49. The van der Waals surface area contributed by atoms with Crippen LogP contribution in [-0.4, -0.2) is 58.7 Å². The summed E-state index contributed by atoms with van der Waals surface area (Å²) < 4.78 is 5.50. The molecular weight excluding hydrogens is 308 g/mol. The third-order valence-corrected chi connectivity index (χ3v) is 5.06. The molecule has 2 fully saturated rings. The Hall–Kier alpha value is -2.08. The van der Waals surface area contributed by atoms with Gasteiger partial charge in [0.25, 0.3) is 5.91 Å². The normalized spacial score (nSPS) is 21.4. The van der Waals surface area contributed by atoms with Gasteiger partial charge in [-0.1, -0.05) is 37.5 Å². The van der Waals surface area contributed by atoms with Crippen LogP contribution in [-0.2, 0) is 4.79 Å². The maximum atomic E-state index is 12.8. The van der Waals surface area contributed by atoms with Crippen molar-refractivity contribution in [3.63, 3.8) is 0 Å². The molecule has 0 unspecified atom stereocenters. The SMILES string of the molecule is CN1C(=O)N(C[C@H](O)COc2ccccc2)C(=O)C12CCCCC2. The molecule has 0 aromatic heterocycles. The molecular formula is C18H24N2O4. The van der Waals surface area contributed by atoms with E-state index < -0.39 is 11.6 Å². The Kier molecular flexibility index (Phi) is 4.76. The van der Waals surface area contributed by atoms with Crippen molar-refractivity contribution < 1.29 is 19.4 Å². The van der Waals surface area contributed by atoms with Crippen molar-refractivity contribution in [3.05, 3.63) is 30.3 Å². The van der Waals surface area contributed by atoms with Gasteiger partial charge >= 0.3 is 6.03 Å². The van der Waals surface area contributed by atoms with Crippen LogP contribution in [0.25, 0.3) is 0 Å². The van der Waals surface area contributed by atoms with E-state index in [1.54, 1.807) is 24.1 Å². The van der Waals surface area contributed by atoms with Gasteiger partial charge in [0.1, 0.15) is 24.0 Å². The number of likely N-dealkylation sites (N-methyl/N-ethyl adjacent to an activating group) is 1. The minimum atomic E-state index is -0.912. The van der Waals surface area contributed by atoms with Crippen molar-refractivity contribution in [1.82, 2.24) is 9.80 Å². The molecule has 1 N–H and O–H groups in total. The average Bonchev–Trinajstić information content (AvgIpc) is 2.78. The van der Waals surface area contributed by atoms with Crippen LogP contribution in [0, 0.1) is 0 Å². The van der Waals surface area contributed by atoms with Crippen molar-refractivity contribution in [2.45, 2.75) is 43.7 Å². The first-order valence-corrected chi connectivity index (χ1v) is 8.50. The molecule has 130 valence electrons. The van der Waals surface area contributed by atoms with Gasteiger partial charge in [0.15, 0.2) is 0 Å². The number of imide groups is 1. The Balaban J connectivity index is 1.62. The number of urea groups is 1. The summed E-state index contributed by atoms with van der Waals surface area (Å²) in [4.78, 5) is 28.1. The van der Waals surface area contributed by atoms with E-state index in [0.717, 1.165) is 19.3 Å². The second kappa shape index (κ2) is 6.81. The molecule has 1 saturated carbocycles. The molecule has 1 spiro atoms. The zero-order valence-electron chi connectivity index (χ0n) is 14.0. The third kappa shape index (κ3) is 2.98. The molecule has 1 heterocycles. The molecule has 1 saturated heterocycles. The van der Waals surface area contributed by atoms with Crippen LogP contribution >= 0.6 is 0 Å². The molecule has 1 aliphatic carbocycles. The number of ether oxygens (including phenoxy) is 1. The summed E-state index contributed by atoms with van der Waals surface area (Å²) in [5.41, 5.74) is -0.699. The first kappa shape index (κ1) is 16.8. The standard InChI is InChI=1S/C18H24N2O4/c1-19-17(23)20(16(22)18(19)10-6-3-7-11-18)12-14(21)13-24-15-8-4-2-5-9-15/h2,4-5,8-9,14,21H,3,6-7,10-13H2,1H3/t14-/m0/s1. The maximum absolute atomic E-state index is 12.8. The number of rotatable bonds is 5. The molecule has 1 aromatic rings. The largest absolute Gasteiger partial charge is 0.491 e. The Morgan fingerprint density at radius 3 is 2.50 bits per heavy atom. The van der Waals surface area contributed by atoms with Crippen molar-refractivity contribution >= 4 is 11.9 Å². The van der Waals surface area contributed by atoms with E-state index in [4.69, 9.17) is 4.74 Å². The first-order chi connectivity index (χ1) is 11.5. The maximum Gasteiger partial charge on any atom is 0.327 e. The molecule has 0 bridgehead atoms. The molecule has 2 aliphatic rings. The Labute approximate surface area is 142 Å². The number of aliphatic hydroxyl groups excluding tert-OH is 1. The average molecular weight is 332 g/mol. The fourth-order valence-corrected chi connectivity index (χ4v) is 3.67. The van der Waals surface area contributed by atoms with Gasteiger partial charge in [-0.05, 0) is 25.0 Å². The lowest BCUT2D eigenvalue weighted by Gasteiger charge is -2.35. The van der Waals surface area contributed by atoms with Crippen LogP contribution in [0.3, 0.4) is 0 Å². The van der Waals surface area contributed by atoms with Gasteiger partial charge in [-0.2, -0.15) is 0 Å². The van der Waals surface area contributed by atoms with Crippen LogP contribution in [0.15, 0.2) is 30.3 Å². The summed E-state index contributed by atoms with van der Waals surface area (Å²) in [6.07, 6.45) is 3.52. The number of nitrogens with zero attached hydrogens (tertiary/aromatic N) is 2. The number of β-amino-alcohol motifs (C(OH)–C–C–N with tert-alkyl or cyclic N) is 1. The Bertz CT molecular complexity index is 598. The number of aliphatic hydroxyl groups is 1. The Morgan fingerprint density at radius 2 is 1.83 bits per heavy atom. The van der Waals surface area contributed by atoms with Gasteiger partial charge in [0, 0.05) is 7.05 Å². The summed E-state index contributed by atoms with van der Waals surface area (Å²) in [7, 11) is 1.69. The lowest BCUT2D eigenvalue weighted by atomic mass is 9.81. The number of hydrogen-bond donors (Lipinski definition) is 1. The predicted molar refractivity (Wildman–Crippen MR) is 88.6 cm³/mol. The van der Waals surface area contributed by atoms with Gasteiger partial charge in [0.05, 0.1) is 6.54 Å². The highest BCUT2D eigenvalue weighted by molar-refractivity contribution is 6.07. The Morgan fingerprint density at radius 1 is 1.17 bits per heavy atom. The van der Waals surface area contributed by atoms with Crippen LogP contribution in [0.5, 0.6) is 5.75 Å². The van der Waals surface area contributed by atoms with Crippen molar-refractivity contribution in [2.75, 3.05) is 20.2 Å². The summed E-state index contributed by atoms with van der Waals surface area (Å²) in [6.45, 7) is 0.00831. The third-order valence-electron chi connectivity index (χ3n) is 5.06. The fraction of sp³-hybridized carbons (Fsp3) is 0.556. The smallest absolute Gasteiger partial charge is 0.327 e. The van der Waals surface area contributed by atoms with E-state index in [1.165, 1.54) is 4.90 Å². The molecule has 3 amide bonds. The zero-order chi connectivity index (χ0) is 17.2. The number of hydrogen-bond acceptors (Lipinski definition) is 4. The van der Waals surface area contributed by atoms with E-state index >= 15 is 0 Å². The number of para-hydroxylation sites is 1. The quantitative estimate of drug-likeness (QED) is 0.838. The minimum Gasteiger partial charge on any atom is -0.491 e. The lowest BCUT2D eigenvalue weighted by molar-refractivity contribution is -0.135. The summed E-state index contributed by atoms with van der Waals surface area (Å²) in [5, 5.41) is 10.2. The highest BCUT2D eigenvalue weighted by Gasteiger charge is 2.55. The number of benzene rings is 1. The summed E-state index contributed by atoms with van der Waals surface area (Å²) in [5.74, 6) is 0.477. The zero-order valence-corrected chi connectivity index (χ0v) is 14.0.